The summed E-state index contributed by atoms with van der Waals surface area (Å²) in [5, 5.41) is 0. The van der Waals surface area contributed by atoms with Crippen LogP contribution in [-0.4, -0.2) is 0 Å². The van der Waals surface area contributed by atoms with Gasteiger partial charge < -0.3 is 4.90 Å². The quantitative estimate of drug-likeness (QED) is 0.206. The van der Waals surface area contributed by atoms with Crippen LogP contribution in [0.4, 0.5) is 17.1 Å². The maximum absolute atomic E-state index is 3.48. The van der Waals surface area contributed by atoms with E-state index < -0.39 is 0 Å². The molecule has 0 fully saturated rings. The van der Waals surface area contributed by atoms with Crippen molar-refractivity contribution in [3.05, 3.63) is 148 Å². The molecule has 1 nitrogen and oxygen atoms in total. The number of anilines is 3. The molecule has 1 aliphatic rings. The van der Waals surface area contributed by atoms with Gasteiger partial charge in [0.1, 0.15) is 0 Å². The van der Waals surface area contributed by atoms with Crippen molar-refractivity contribution in [2.24, 2.45) is 0 Å². The minimum absolute atomic E-state index is 0.0449. The number of halogens is 1. The second kappa shape index (κ2) is 9.43. The summed E-state index contributed by atoms with van der Waals surface area (Å²) in [7, 11) is 0. The van der Waals surface area contributed by atoms with E-state index in [2.05, 4.69) is 144 Å². The van der Waals surface area contributed by atoms with Gasteiger partial charge in [0.15, 0.2) is 0 Å². The fourth-order valence-corrected chi connectivity index (χ4v) is 5.49. The third-order valence-corrected chi connectivity index (χ3v) is 7.69. The Morgan fingerprint density at radius 3 is 1.78 bits per heavy atom. The molecule has 0 atom stereocenters. The molecule has 0 saturated carbocycles. The highest BCUT2D eigenvalue weighted by Gasteiger charge is 2.35. The second-order valence-corrected chi connectivity index (χ2v) is 10.8. The largest absolute Gasteiger partial charge is 0.310 e. The van der Waals surface area contributed by atoms with Gasteiger partial charge in [0.25, 0.3) is 0 Å². The number of fused-ring (bicyclic) bond motifs is 3. The summed E-state index contributed by atoms with van der Waals surface area (Å²) in [5.41, 5.74) is 10.8. The molecule has 0 heterocycles. The van der Waals surface area contributed by atoms with Gasteiger partial charge in [-0.3, -0.25) is 0 Å². The molecular formula is C35H26BrN. The molecule has 178 valence electrons. The number of hydrogen-bond donors (Lipinski definition) is 0. The smallest absolute Gasteiger partial charge is 0.0465 e. The lowest BCUT2D eigenvalue weighted by Gasteiger charge is -2.28. The van der Waals surface area contributed by atoms with Crippen LogP contribution in [0.3, 0.4) is 0 Å². The van der Waals surface area contributed by atoms with E-state index in [1.165, 1.54) is 22.3 Å². The standard InChI is InChI=1S/C35H26BrN/c1-35(2)33-11-7-6-10-31(33)32-23-22-30(24-34(32)35)37(28-8-4-3-5-9-28)29-20-16-26(17-21-29)13-12-25-14-18-27(36)19-15-25/h3-11,14-24H,1-2H3. The first-order valence-corrected chi connectivity index (χ1v) is 13.3. The maximum Gasteiger partial charge on any atom is 0.0465 e. The first-order chi connectivity index (χ1) is 18.0. The highest BCUT2D eigenvalue weighted by atomic mass is 79.9. The van der Waals surface area contributed by atoms with Crippen molar-refractivity contribution in [3.8, 4) is 23.0 Å². The summed E-state index contributed by atoms with van der Waals surface area (Å²) in [6, 6.07) is 42.8. The Hall–Kier alpha value is -4.06. The molecule has 5 aromatic carbocycles. The van der Waals surface area contributed by atoms with E-state index in [-0.39, 0.29) is 5.41 Å². The Morgan fingerprint density at radius 1 is 0.541 bits per heavy atom. The first-order valence-electron chi connectivity index (χ1n) is 12.5. The predicted octanol–water partition coefficient (Wildman–Crippen LogP) is 9.62. The average molecular weight is 541 g/mol. The van der Waals surface area contributed by atoms with E-state index in [0.29, 0.717) is 0 Å². The molecule has 6 rings (SSSR count). The van der Waals surface area contributed by atoms with Crippen LogP contribution < -0.4 is 4.90 Å². The monoisotopic (exact) mass is 539 g/mol. The number of para-hydroxylation sites is 1. The molecule has 0 radical (unpaired) electrons. The van der Waals surface area contributed by atoms with Crippen LogP contribution in [0.1, 0.15) is 36.1 Å². The molecule has 0 spiro atoms. The number of nitrogens with zero attached hydrogens (tertiary/aromatic N) is 1. The van der Waals surface area contributed by atoms with E-state index in [1.807, 2.05) is 24.3 Å². The van der Waals surface area contributed by atoms with Crippen LogP contribution in [0.5, 0.6) is 0 Å². The average Bonchev–Trinajstić information content (AvgIpc) is 3.16. The van der Waals surface area contributed by atoms with Crippen LogP contribution in [0.15, 0.2) is 126 Å². The zero-order chi connectivity index (χ0) is 25.4. The molecule has 0 saturated heterocycles. The summed E-state index contributed by atoms with van der Waals surface area (Å²) in [6.45, 7) is 4.65. The second-order valence-electron chi connectivity index (χ2n) is 9.88. The summed E-state index contributed by atoms with van der Waals surface area (Å²) in [5.74, 6) is 6.56. The molecule has 5 aromatic rings. The summed E-state index contributed by atoms with van der Waals surface area (Å²) < 4.78 is 1.06. The molecule has 2 heteroatoms. The lowest BCUT2D eigenvalue weighted by atomic mass is 9.82. The molecule has 0 amide bonds. The van der Waals surface area contributed by atoms with Crippen molar-refractivity contribution in [1.82, 2.24) is 0 Å². The van der Waals surface area contributed by atoms with Gasteiger partial charge >= 0.3 is 0 Å². The third kappa shape index (κ3) is 4.37. The van der Waals surface area contributed by atoms with Crippen LogP contribution in [0.25, 0.3) is 11.1 Å². The Balaban J connectivity index is 1.39. The lowest BCUT2D eigenvalue weighted by molar-refractivity contribution is 0.660. The van der Waals surface area contributed by atoms with Gasteiger partial charge in [-0.15, -0.1) is 0 Å². The minimum Gasteiger partial charge on any atom is -0.310 e. The van der Waals surface area contributed by atoms with Crippen molar-refractivity contribution >= 4 is 33.0 Å². The van der Waals surface area contributed by atoms with Gasteiger partial charge in [-0.1, -0.05) is 90.1 Å². The summed E-state index contributed by atoms with van der Waals surface area (Å²) in [4.78, 5) is 2.32. The van der Waals surface area contributed by atoms with Gasteiger partial charge in [0.2, 0.25) is 0 Å². The Bertz CT molecular complexity index is 1640. The molecule has 0 aliphatic heterocycles. The highest BCUT2D eigenvalue weighted by molar-refractivity contribution is 9.10. The van der Waals surface area contributed by atoms with E-state index in [1.54, 1.807) is 0 Å². The van der Waals surface area contributed by atoms with Crippen molar-refractivity contribution in [2.75, 3.05) is 4.90 Å². The van der Waals surface area contributed by atoms with Gasteiger partial charge in [-0.05, 0) is 95.1 Å². The normalized spacial score (nSPS) is 12.7. The van der Waals surface area contributed by atoms with E-state index in [4.69, 9.17) is 0 Å². The van der Waals surface area contributed by atoms with Crippen molar-refractivity contribution in [2.45, 2.75) is 19.3 Å². The van der Waals surface area contributed by atoms with E-state index >= 15 is 0 Å². The maximum atomic E-state index is 3.48. The number of hydrogen-bond acceptors (Lipinski definition) is 1. The number of rotatable bonds is 3. The van der Waals surface area contributed by atoms with Gasteiger partial charge in [0, 0.05) is 38.1 Å². The fourth-order valence-electron chi connectivity index (χ4n) is 5.23. The summed E-state index contributed by atoms with van der Waals surface area (Å²) in [6.07, 6.45) is 0. The van der Waals surface area contributed by atoms with Crippen LogP contribution >= 0.6 is 15.9 Å². The van der Waals surface area contributed by atoms with Crippen LogP contribution in [-0.2, 0) is 5.41 Å². The zero-order valence-electron chi connectivity index (χ0n) is 20.9. The predicted molar refractivity (Wildman–Crippen MR) is 159 cm³/mol. The first kappa shape index (κ1) is 23.3. The fraction of sp³-hybridized carbons (Fsp3) is 0.0857. The molecule has 0 unspecified atom stereocenters. The molecule has 0 N–H and O–H groups in total. The number of benzene rings is 5. The summed E-state index contributed by atoms with van der Waals surface area (Å²) >= 11 is 3.48. The van der Waals surface area contributed by atoms with Gasteiger partial charge in [-0.25, -0.2) is 0 Å². The molecule has 1 aliphatic carbocycles. The lowest BCUT2D eigenvalue weighted by Crippen LogP contribution is -2.16. The van der Waals surface area contributed by atoms with Crippen LogP contribution in [0, 0.1) is 11.8 Å². The molecule has 0 aromatic heterocycles. The Labute approximate surface area is 227 Å². The SMILES string of the molecule is CC1(C)c2ccccc2-c2ccc(N(c3ccccc3)c3ccc(C#Cc4ccc(Br)cc4)cc3)cc21. The molecule has 37 heavy (non-hydrogen) atoms. The molecular weight excluding hydrogens is 514 g/mol. The van der Waals surface area contributed by atoms with Gasteiger partial charge in [0.05, 0.1) is 0 Å². The van der Waals surface area contributed by atoms with Gasteiger partial charge in [-0.2, -0.15) is 0 Å². The van der Waals surface area contributed by atoms with E-state index in [9.17, 15) is 0 Å². The zero-order valence-corrected chi connectivity index (χ0v) is 22.5. The van der Waals surface area contributed by atoms with Crippen LogP contribution in [0.2, 0.25) is 0 Å². The Kier molecular flexibility index (Phi) is 5.95. The van der Waals surface area contributed by atoms with E-state index in [0.717, 1.165) is 32.7 Å². The Morgan fingerprint density at radius 2 is 1.08 bits per heavy atom. The van der Waals surface area contributed by atoms with Crippen molar-refractivity contribution in [1.29, 1.82) is 0 Å². The molecule has 0 bridgehead atoms. The highest BCUT2D eigenvalue weighted by Crippen LogP contribution is 2.50. The topological polar surface area (TPSA) is 3.24 Å². The van der Waals surface area contributed by atoms with Crippen molar-refractivity contribution < 1.29 is 0 Å². The minimum atomic E-state index is -0.0449. The van der Waals surface area contributed by atoms with Crippen molar-refractivity contribution in [3.63, 3.8) is 0 Å². The third-order valence-electron chi connectivity index (χ3n) is 7.16.